The first kappa shape index (κ1) is 12.1. The molecule has 0 aromatic carbocycles. The van der Waals surface area contributed by atoms with Crippen molar-refractivity contribution in [3.8, 4) is 0 Å². The Bertz CT molecular complexity index is 613. The van der Waals surface area contributed by atoms with Crippen LogP contribution in [0.1, 0.15) is 36.3 Å². The van der Waals surface area contributed by atoms with Crippen LogP contribution in [0.15, 0.2) is 18.6 Å². The molecular weight excluding hydrogens is 250 g/mol. The van der Waals surface area contributed by atoms with Crippen LogP contribution in [0.5, 0.6) is 0 Å². The average molecular weight is 271 g/mol. The SMILES string of the molecule is Cn1ccnc1CN1CCCC2(CCc3cn[nH]c32)C1. The minimum absolute atomic E-state index is 0.315. The van der Waals surface area contributed by atoms with Crippen molar-refractivity contribution in [1.82, 2.24) is 24.6 Å². The number of fused-ring (bicyclic) bond motifs is 2. The first-order chi connectivity index (χ1) is 9.77. The van der Waals surface area contributed by atoms with Crippen molar-refractivity contribution in [2.45, 2.75) is 37.6 Å². The fraction of sp³-hybridized carbons (Fsp3) is 0.600. The highest BCUT2D eigenvalue weighted by Crippen LogP contribution is 2.43. The normalized spacial score (nSPS) is 26.2. The van der Waals surface area contributed by atoms with Gasteiger partial charge in [-0.3, -0.25) is 10.00 Å². The maximum atomic E-state index is 4.46. The van der Waals surface area contributed by atoms with Crippen LogP contribution in [0.4, 0.5) is 0 Å². The van der Waals surface area contributed by atoms with Gasteiger partial charge in [0.1, 0.15) is 5.82 Å². The highest BCUT2D eigenvalue weighted by atomic mass is 15.2. The lowest BCUT2D eigenvalue weighted by molar-refractivity contribution is 0.132. The summed E-state index contributed by atoms with van der Waals surface area (Å²) in [6.07, 6.45) is 10.9. The summed E-state index contributed by atoms with van der Waals surface area (Å²) in [4.78, 5) is 7.02. The number of nitrogens with zero attached hydrogens (tertiary/aromatic N) is 4. The second-order valence-electron chi connectivity index (χ2n) is 6.32. The summed E-state index contributed by atoms with van der Waals surface area (Å²) in [6.45, 7) is 3.27. The van der Waals surface area contributed by atoms with Crippen LogP contribution < -0.4 is 0 Å². The molecule has 1 atom stereocenters. The van der Waals surface area contributed by atoms with Crippen molar-refractivity contribution in [2.75, 3.05) is 13.1 Å². The number of piperidine rings is 1. The van der Waals surface area contributed by atoms with E-state index < -0.39 is 0 Å². The molecule has 5 heteroatoms. The third-order valence-corrected chi connectivity index (χ3v) is 5.06. The summed E-state index contributed by atoms with van der Waals surface area (Å²) in [6, 6.07) is 0. The molecule has 1 fully saturated rings. The summed E-state index contributed by atoms with van der Waals surface area (Å²) in [7, 11) is 2.07. The van der Waals surface area contributed by atoms with Crippen LogP contribution in [-0.4, -0.2) is 37.7 Å². The number of likely N-dealkylation sites (tertiary alicyclic amines) is 1. The van der Waals surface area contributed by atoms with Gasteiger partial charge < -0.3 is 4.57 Å². The van der Waals surface area contributed by atoms with Crippen molar-refractivity contribution < 1.29 is 0 Å². The monoisotopic (exact) mass is 271 g/mol. The highest BCUT2D eigenvalue weighted by Gasteiger charge is 2.43. The number of aryl methyl sites for hydroxylation is 2. The molecule has 106 valence electrons. The Labute approximate surface area is 119 Å². The molecule has 1 aliphatic heterocycles. The predicted molar refractivity (Wildman–Crippen MR) is 76.3 cm³/mol. The zero-order valence-corrected chi connectivity index (χ0v) is 12.0. The number of aromatic nitrogens is 4. The minimum Gasteiger partial charge on any atom is -0.337 e. The number of rotatable bonds is 2. The Hall–Kier alpha value is -1.62. The first-order valence-electron chi connectivity index (χ1n) is 7.48. The topological polar surface area (TPSA) is 49.7 Å². The van der Waals surface area contributed by atoms with Crippen LogP contribution >= 0.6 is 0 Å². The fourth-order valence-corrected chi connectivity index (χ4v) is 3.98. The summed E-state index contributed by atoms with van der Waals surface area (Å²) in [5, 5.41) is 7.52. The maximum Gasteiger partial charge on any atom is 0.122 e. The second kappa shape index (κ2) is 4.45. The van der Waals surface area contributed by atoms with Gasteiger partial charge in [-0.25, -0.2) is 4.98 Å². The van der Waals surface area contributed by atoms with Crippen molar-refractivity contribution in [2.24, 2.45) is 7.05 Å². The van der Waals surface area contributed by atoms with Crippen LogP contribution in [0.25, 0.3) is 0 Å². The van der Waals surface area contributed by atoms with E-state index in [-0.39, 0.29) is 0 Å². The number of aromatic amines is 1. The molecule has 2 aliphatic rings. The zero-order valence-electron chi connectivity index (χ0n) is 12.0. The highest BCUT2D eigenvalue weighted by molar-refractivity contribution is 5.33. The number of hydrogen-bond acceptors (Lipinski definition) is 3. The van der Waals surface area contributed by atoms with Gasteiger partial charge in [0.25, 0.3) is 0 Å². The minimum atomic E-state index is 0.315. The number of hydrogen-bond donors (Lipinski definition) is 1. The molecule has 2 aromatic rings. The molecule has 3 heterocycles. The van der Waals surface area contributed by atoms with E-state index in [0.717, 1.165) is 18.9 Å². The Morgan fingerprint density at radius 2 is 2.35 bits per heavy atom. The molecule has 1 aliphatic carbocycles. The van der Waals surface area contributed by atoms with Crippen LogP contribution in [0.3, 0.4) is 0 Å². The molecule has 1 saturated heterocycles. The Morgan fingerprint density at radius 1 is 1.40 bits per heavy atom. The third-order valence-electron chi connectivity index (χ3n) is 5.06. The third kappa shape index (κ3) is 1.80. The molecule has 4 rings (SSSR count). The Morgan fingerprint density at radius 3 is 3.20 bits per heavy atom. The van der Waals surface area contributed by atoms with Gasteiger partial charge in [0.15, 0.2) is 0 Å². The largest absolute Gasteiger partial charge is 0.337 e. The van der Waals surface area contributed by atoms with Crippen molar-refractivity contribution in [3.05, 3.63) is 35.7 Å². The molecule has 0 bridgehead atoms. The average Bonchev–Trinajstić information content (AvgIpc) is 3.12. The lowest BCUT2D eigenvalue weighted by Crippen LogP contribution is -2.45. The van der Waals surface area contributed by atoms with Crippen molar-refractivity contribution in [1.29, 1.82) is 0 Å². The van der Waals surface area contributed by atoms with Gasteiger partial charge in [-0.2, -0.15) is 5.10 Å². The van der Waals surface area contributed by atoms with Crippen LogP contribution in [-0.2, 0) is 25.4 Å². The zero-order chi connectivity index (χ0) is 13.6. The molecule has 0 amide bonds. The summed E-state index contributed by atoms with van der Waals surface area (Å²) >= 11 is 0. The first-order valence-corrected chi connectivity index (χ1v) is 7.48. The summed E-state index contributed by atoms with van der Waals surface area (Å²) in [5.41, 5.74) is 3.15. The van der Waals surface area contributed by atoms with E-state index in [2.05, 4.69) is 31.7 Å². The van der Waals surface area contributed by atoms with Gasteiger partial charge in [-0.1, -0.05) is 0 Å². The van der Waals surface area contributed by atoms with E-state index in [9.17, 15) is 0 Å². The Kier molecular flexibility index (Phi) is 2.70. The predicted octanol–water partition coefficient (Wildman–Crippen LogP) is 1.62. The van der Waals surface area contributed by atoms with Gasteiger partial charge in [0.05, 0.1) is 12.7 Å². The van der Waals surface area contributed by atoms with Gasteiger partial charge in [0.2, 0.25) is 0 Å². The van der Waals surface area contributed by atoms with E-state index >= 15 is 0 Å². The molecule has 1 unspecified atom stereocenters. The molecule has 20 heavy (non-hydrogen) atoms. The second-order valence-corrected chi connectivity index (χ2v) is 6.32. The van der Waals surface area contributed by atoms with E-state index in [1.165, 1.54) is 43.5 Å². The smallest absolute Gasteiger partial charge is 0.122 e. The van der Waals surface area contributed by atoms with E-state index in [1.54, 1.807) is 0 Å². The van der Waals surface area contributed by atoms with Gasteiger partial charge in [-0.05, 0) is 37.8 Å². The van der Waals surface area contributed by atoms with E-state index in [4.69, 9.17) is 0 Å². The molecular formula is C15H21N5. The molecule has 2 aromatic heterocycles. The van der Waals surface area contributed by atoms with Crippen molar-refractivity contribution in [3.63, 3.8) is 0 Å². The standard InChI is InChI=1S/C15H21N5/c1-19-8-6-16-13(19)10-20-7-2-4-15(11-20)5-3-12-9-17-18-14(12)15/h6,8-9H,2-5,7,10-11H2,1H3,(H,17,18). The van der Waals surface area contributed by atoms with Crippen LogP contribution in [0.2, 0.25) is 0 Å². The number of H-pyrrole nitrogens is 1. The molecule has 0 radical (unpaired) electrons. The van der Waals surface area contributed by atoms with Gasteiger partial charge in [0, 0.05) is 37.1 Å². The molecule has 1 spiro atoms. The summed E-state index contributed by atoms with van der Waals surface area (Å²) in [5.74, 6) is 1.16. The van der Waals surface area contributed by atoms with E-state index in [1.807, 2.05) is 18.6 Å². The number of imidazole rings is 1. The quantitative estimate of drug-likeness (QED) is 0.903. The molecule has 5 nitrogen and oxygen atoms in total. The fourth-order valence-electron chi connectivity index (χ4n) is 3.98. The van der Waals surface area contributed by atoms with Gasteiger partial charge in [-0.15, -0.1) is 0 Å². The molecule has 0 saturated carbocycles. The van der Waals surface area contributed by atoms with Gasteiger partial charge >= 0.3 is 0 Å². The molecule has 1 N–H and O–H groups in total. The lowest BCUT2D eigenvalue weighted by atomic mass is 9.77. The number of nitrogens with one attached hydrogen (secondary N) is 1. The maximum absolute atomic E-state index is 4.46. The lowest BCUT2D eigenvalue weighted by Gasteiger charge is -2.40. The Balaban J connectivity index is 1.56. The van der Waals surface area contributed by atoms with Crippen LogP contribution in [0, 0.1) is 0 Å². The summed E-state index contributed by atoms with van der Waals surface area (Å²) < 4.78 is 2.12. The van der Waals surface area contributed by atoms with E-state index in [0.29, 0.717) is 5.41 Å². The van der Waals surface area contributed by atoms with Crippen molar-refractivity contribution >= 4 is 0 Å².